The van der Waals surface area contributed by atoms with Crippen LogP contribution in [0.4, 0.5) is 0 Å². The van der Waals surface area contributed by atoms with Crippen LogP contribution in [-0.4, -0.2) is 29.1 Å². The molecule has 0 bridgehead atoms. The van der Waals surface area contributed by atoms with Crippen molar-refractivity contribution < 1.29 is 13.2 Å². The number of nitrogens with zero attached hydrogens (tertiary/aromatic N) is 3. The van der Waals surface area contributed by atoms with Crippen LogP contribution in [0.2, 0.25) is 0 Å². The number of hydrogen-bond donors (Lipinski definition) is 1. The molecule has 0 radical (unpaired) electrons. The van der Waals surface area contributed by atoms with Crippen molar-refractivity contribution >= 4 is 15.9 Å². The van der Waals surface area contributed by atoms with Gasteiger partial charge in [0.15, 0.2) is 5.03 Å². The van der Waals surface area contributed by atoms with E-state index in [1.165, 1.54) is 12.3 Å². The van der Waals surface area contributed by atoms with Crippen LogP contribution < -0.4 is 4.72 Å². The summed E-state index contributed by atoms with van der Waals surface area (Å²) < 4.78 is 28.3. The molecule has 134 valence electrons. The smallest absolute Gasteiger partial charge is 0.274 e. The summed E-state index contributed by atoms with van der Waals surface area (Å²) in [5, 5.41) is 4.18. The lowest BCUT2D eigenvalue weighted by Crippen LogP contribution is -2.32. The first kappa shape index (κ1) is 17.8. The lowest BCUT2D eigenvalue weighted by molar-refractivity contribution is -0.118. The third kappa shape index (κ3) is 3.97. The first-order valence-electron chi connectivity index (χ1n) is 7.94. The summed E-state index contributed by atoms with van der Waals surface area (Å²) in [6, 6.07) is 14.1. The number of pyridine rings is 1. The highest BCUT2D eigenvalue weighted by atomic mass is 32.2. The summed E-state index contributed by atoms with van der Waals surface area (Å²) >= 11 is 0. The molecule has 26 heavy (non-hydrogen) atoms. The highest BCUT2D eigenvalue weighted by Crippen LogP contribution is 2.13. The van der Waals surface area contributed by atoms with E-state index in [-0.39, 0.29) is 11.4 Å². The zero-order valence-electron chi connectivity index (χ0n) is 14.4. The standard InChI is InChI=1S/C18H18N4O3S/c1-13-8-9-18(19-12-13)26(24,25)21-17(23)11-16-10-14(2)20-22(16)15-6-4-3-5-7-15/h3-10,12H,11H2,1-2H3,(H,21,23). The van der Waals surface area contributed by atoms with Crippen molar-refractivity contribution in [3.8, 4) is 5.69 Å². The van der Waals surface area contributed by atoms with E-state index in [1.54, 1.807) is 23.7 Å². The number of benzene rings is 1. The van der Waals surface area contributed by atoms with Crippen LogP contribution in [0.25, 0.3) is 5.69 Å². The molecule has 0 atom stereocenters. The molecule has 8 heteroatoms. The Balaban J connectivity index is 1.80. The maximum absolute atomic E-state index is 12.3. The van der Waals surface area contributed by atoms with Crippen molar-refractivity contribution in [1.29, 1.82) is 0 Å². The van der Waals surface area contributed by atoms with Gasteiger partial charge in [-0.05, 0) is 43.7 Å². The van der Waals surface area contributed by atoms with Gasteiger partial charge in [0.25, 0.3) is 10.0 Å². The summed E-state index contributed by atoms with van der Waals surface area (Å²) in [5.74, 6) is -0.649. The number of aromatic nitrogens is 3. The van der Waals surface area contributed by atoms with Crippen LogP contribution >= 0.6 is 0 Å². The molecule has 0 spiro atoms. The Labute approximate surface area is 151 Å². The zero-order valence-corrected chi connectivity index (χ0v) is 15.2. The van der Waals surface area contributed by atoms with E-state index in [4.69, 9.17) is 0 Å². The number of amides is 1. The SMILES string of the molecule is Cc1ccc(S(=O)(=O)NC(=O)Cc2cc(C)nn2-c2ccccc2)nc1. The van der Waals surface area contributed by atoms with Gasteiger partial charge in [0, 0.05) is 6.20 Å². The molecule has 1 N–H and O–H groups in total. The van der Waals surface area contributed by atoms with Gasteiger partial charge in [0.2, 0.25) is 5.91 Å². The number of nitrogens with one attached hydrogen (secondary N) is 1. The molecule has 1 amide bonds. The molecule has 3 rings (SSSR count). The second-order valence-corrected chi connectivity index (χ2v) is 7.53. The minimum absolute atomic E-state index is 0.124. The Morgan fingerprint density at radius 2 is 1.85 bits per heavy atom. The van der Waals surface area contributed by atoms with Gasteiger partial charge in [0.1, 0.15) is 0 Å². The molecular weight excluding hydrogens is 352 g/mol. The Hall–Kier alpha value is -3.00. The minimum Gasteiger partial charge on any atom is -0.274 e. The van der Waals surface area contributed by atoms with Crippen molar-refractivity contribution in [2.24, 2.45) is 0 Å². The molecule has 0 aliphatic carbocycles. The number of carbonyl (C=O) groups is 1. The fourth-order valence-corrected chi connectivity index (χ4v) is 3.40. The quantitative estimate of drug-likeness (QED) is 0.741. The number of sulfonamides is 1. The van der Waals surface area contributed by atoms with Crippen LogP contribution in [0, 0.1) is 13.8 Å². The molecule has 7 nitrogen and oxygen atoms in total. The molecule has 0 fully saturated rings. The van der Waals surface area contributed by atoms with Crippen molar-refractivity contribution in [2.45, 2.75) is 25.3 Å². The van der Waals surface area contributed by atoms with Crippen molar-refractivity contribution in [3.05, 3.63) is 71.7 Å². The minimum atomic E-state index is -4.01. The summed E-state index contributed by atoms with van der Waals surface area (Å²) in [6.07, 6.45) is 1.31. The van der Waals surface area contributed by atoms with Crippen LogP contribution in [0.15, 0.2) is 59.8 Å². The third-order valence-corrected chi connectivity index (χ3v) is 4.94. The van der Waals surface area contributed by atoms with E-state index in [9.17, 15) is 13.2 Å². The molecule has 0 saturated heterocycles. The number of para-hydroxylation sites is 1. The molecule has 0 saturated carbocycles. The van der Waals surface area contributed by atoms with Gasteiger partial charge in [0.05, 0.1) is 23.5 Å². The number of rotatable bonds is 5. The normalized spacial score (nSPS) is 11.3. The van der Waals surface area contributed by atoms with Gasteiger partial charge >= 0.3 is 0 Å². The summed E-state index contributed by atoms with van der Waals surface area (Å²) in [6.45, 7) is 3.61. The summed E-state index contributed by atoms with van der Waals surface area (Å²) in [7, 11) is -4.01. The van der Waals surface area contributed by atoms with E-state index in [0.717, 1.165) is 16.9 Å². The molecule has 2 heterocycles. The van der Waals surface area contributed by atoms with Crippen LogP contribution in [0.5, 0.6) is 0 Å². The van der Waals surface area contributed by atoms with Gasteiger partial charge in [-0.15, -0.1) is 0 Å². The second kappa shape index (κ2) is 7.09. The summed E-state index contributed by atoms with van der Waals surface area (Å²) in [4.78, 5) is 16.2. The maximum Gasteiger partial charge on any atom is 0.281 e. The van der Waals surface area contributed by atoms with E-state index in [2.05, 4.69) is 14.8 Å². The highest BCUT2D eigenvalue weighted by Gasteiger charge is 2.20. The molecular formula is C18H18N4O3S. The molecule has 0 aliphatic heterocycles. The van der Waals surface area contributed by atoms with E-state index in [0.29, 0.717) is 5.69 Å². The van der Waals surface area contributed by atoms with E-state index in [1.807, 2.05) is 37.3 Å². The Kier molecular flexibility index (Phi) is 4.85. The average molecular weight is 370 g/mol. The van der Waals surface area contributed by atoms with Crippen molar-refractivity contribution in [3.63, 3.8) is 0 Å². The van der Waals surface area contributed by atoms with Crippen molar-refractivity contribution in [2.75, 3.05) is 0 Å². The molecule has 3 aromatic rings. The predicted molar refractivity (Wildman–Crippen MR) is 96.3 cm³/mol. The third-order valence-electron chi connectivity index (χ3n) is 3.66. The molecule has 0 aliphatic rings. The van der Waals surface area contributed by atoms with Gasteiger partial charge in [-0.1, -0.05) is 24.3 Å². The topological polar surface area (TPSA) is 94.0 Å². The number of aryl methyl sites for hydroxylation is 2. The molecule has 2 aromatic heterocycles. The fraction of sp³-hybridized carbons (Fsp3) is 0.167. The van der Waals surface area contributed by atoms with E-state index >= 15 is 0 Å². The number of carbonyl (C=O) groups excluding carboxylic acids is 1. The van der Waals surface area contributed by atoms with Crippen LogP contribution in [-0.2, 0) is 21.2 Å². The summed E-state index contributed by atoms with van der Waals surface area (Å²) in [5.41, 5.74) is 2.96. The van der Waals surface area contributed by atoms with Gasteiger partial charge in [-0.2, -0.15) is 13.5 Å². The van der Waals surface area contributed by atoms with Crippen molar-refractivity contribution in [1.82, 2.24) is 19.5 Å². The highest BCUT2D eigenvalue weighted by molar-refractivity contribution is 7.90. The van der Waals surface area contributed by atoms with E-state index < -0.39 is 15.9 Å². The zero-order chi connectivity index (χ0) is 18.7. The first-order chi connectivity index (χ1) is 12.3. The second-order valence-electron chi connectivity index (χ2n) is 5.90. The van der Waals surface area contributed by atoms with Gasteiger partial charge < -0.3 is 0 Å². The average Bonchev–Trinajstić information content (AvgIpc) is 2.95. The monoisotopic (exact) mass is 370 g/mol. The van der Waals surface area contributed by atoms with Crippen LogP contribution in [0.1, 0.15) is 17.0 Å². The Morgan fingerprint density at radius 1 is 1.12 bits per heavy atom. The Morgan fingerprint density at radius 3 is 2.50 bits per heavy atom. The number of hydrogen-bond acceptors (Lipinski definition) is 5. The van der Waals surface area contributed by atoms with Crippen LogP contribution in [0.3, 0.4) is 0 Å². The molecule has 0 unspecified atom stereocenters. The molecule has 1 aromatic carbocycles. The largest absolute Gasteiger partial charge is 0.281 e. The predicted octanol–water partition coefficient (Wildman–Crippen LogP) is 1.93. The first-order valence-corrected chi connectivity index (χ1v) is 9.43. The lowest BCUT2D eigenvalue weighted by Gasteiger charge is -2.09. The maximum atomic E-state index is 12.3. The fourth-order valence-electron chi connectivity index (χ4n) is 2.49. The lowest BCUT2D eigenvalue weighted by atomic mass is 10.2. The van der Waals surface area contributed by atoms with Gasteiger partial charge in [-0.3, -0.25) is 4.79 Å². The Bertz CT molecular complexity index is 1030. The van der Waals surface area contributed by atoms with Gasteiger partial charge in [-0.25, -0.2) is 14.4 Å².